The maximum atomic E-state index is 11.6. The van der Waals surface area contributed by atoms with Crippen LogP contribution < -0.4 is 9.47 Å². The smallest absolute Gasteiger partial charge is 0.338 e. The van der Waals surface area contributed by atoms with Crippen molar-refractivity contribution in [2.45, 2.75) is 6.92 Å². The van der Waals surface area contributed by atoms with E-state index in [1.165, 1.54) is 0 Å². The molecular weight excluding hydrogens is 268 g/mol. The van der Waals surface area contributed by atoms with Gasteiger partial charge in [-0.1, -0.05) is 12.1 Å². The van der Waals surface area contributed by atoms with Crippen molar-refractivity contribution >= 4 is 5.97 Å². The first-order chi connectivity index (χ1) is 10.2. The van der Waals surface area contributed by atoms with E-state index in [1.54, 1.807) is 33.3 Å². The van der Waals surface area contributed by atoms with E-state index < -0.39 is 0 Å². The molecule has 0 unspecified atom stereocenters. The summed E-state index contributed by atoms with van der Waals surface area (Å²) >= 11 is 0. The van der Waals surface area contributed by atoms with Gasteiger partial charge in [0.1, 0.15) is 11.5 Å². The molecule has 0 heterocycles. The lowest BCUT2D eigenvalue weighted by atomic mass is 10.0. The molecule has 0 atom stereocenters. The Morgan fingerprint density at radius 1 is 1.00 bits per heavy atom. The number of hydrogen-bond donors (Lipinski definition) is 0. The minimum Gasteiger partial charge on any atom is -0.497 e. The van der Waals surface area contributed by atoms with Crippen LogP contribution in [0.5, 0.6) is 11.5 Å². The summed E-state index contributed by atoms with van der Waals surface area (Å²) in [6, 6.07) is 12.8. The van der Waals surface area contributed by atoms with E-state index in [4.69, 9.17) is 14.2 Å². The minimum atomic E-state index is -0.318. The second-order valence-corrected chi connectivity index (χ2v) is 4.36. The third-order valence-corrected chi connectivity index (χ3v) is 3.11. The molecule has 0 saturated carbocycles. The molecule has 0 N–H and O–H groups in total. The van der Waals surface area contributed by atoms with Crippen LogP contribution in [0.15, 0.2) is 42.5 Å². The molecule has 0 bridgehead atoms. The molecule has 0 aliphatic carbocycles. The molecule has 0 amide bonds. The van der Waals surface area contributed by atoms with Gasteiger partial charge in [-0.05, 0) is 42.8 Å². The Balaban J connectivity index is 2.36. The zero-order chi connectivity index (χ0) is 15.2. The van der Waals surface area contributed by atoms with Crippen LogP contribution >= 0.6 is 0 Å². The van der Waals surface area contributed by atoms with Gasteiger partial charge in [-0.3, -0.25) is 0 Å². The molecule has 0 radical (unpaired) electrons. The number of benzene rings is 2. The zero-order valence-electron chi connectivity index (χ0n) is 12.4. The van der Waals surface area contributed by atoms with Crippen molar-refractivity contribution in [2.24, 2.45) is 0 Å². The molecule has 2 rings (SSSR count). The average Bonchev–Trinajstić information content (AvgIpc) is 2.54. The van der Waals surface area contributed by atoms with Gasteiger partial charge in [-0.25, -0.2) is 4.79 Å². The molecule has 0 spiro atoms. The maximum absolute atomic E-state index is 11.6. The first kappa shape index (κ1) is 14.9. The number of ether oxygens (including phenoxy) is 3. The molecule has 21 heavy (non-hydrogen) atoms. The highest BCUT2D eigenvalue weighted by Gasteiger charge is 2.10. The van der Waals surface area contributed by atoms with Crippen LogP contribution in [0.25, 0.3) is 11.1 Å². The monoisotopic (exact) mass is 286 g/mol. The van der Waals surface area contributed by atoms with Crippen LogP contribution in [-0.4, -0.2) is 26.8 Å². The van der Waals surface area contributed by atoms with Gasteiger partial charge >= 0.3 is 5.97 Å². The molecule has 0 aromatic heterocycles. The molecule has 0 saturated heterocycles. The van der Waals surface area contributed by atoms with Crippen molar-refractivity contribution in [3.63, 3.8) is 0 Å². The van der Waals surface area contributed by atoms with Gasteiger partial charge in [0.25, 0.3) is 0 Å². The lowest BCUT2D eigenvalue weighted by Crippen LogP contribution is -2.04. The summed E-state index contributed by atoms with van der Waals surface area (Å²) in [5, 5.41) is 0. The van der Waals surface area contributed by atoms with Crippen molar-refractivity contribution in [1.82, 2.24) is 0 Å². The summed E-state index contributed by atoms with van der Waals surface area (Å²) in [4.78, 5) is 11.6. The fraction of sp³-hybridized carbons (Fsp3) is 0.235. The number of carbonyl (C=O) groups excluding carboxylic acids is 1. The maximum Gasteiger partial charge on any atom is 0.338 e. The first-order valence-electron chi connectivity index (χ1n) is 6.69. The van der Waals surface area contributed by atoms with E-state index in [0.29, 0.717) is 12.2 Å². The largest absolute Gasteiger partial charge is 0.497 e. The molecule has 2 aromatic carbocycles. The summed E-state index contributed by atoms with van der Waals surface area (Å²) in [5.74, 6) is 1.18. The Bertz CT molecular complexity index is 617. The van der Waals surface area contributed by atoms with E-state index in [9.17, 15) is 4.79 Å². The van der Waals surface area contributed by atoms with Crippen LogP contribution in [0.4, 0.5) is 0 Å². The number of carbonyl (C=O) groups is 1. The van der Waals surface area contributed by atoms with E-state index in [0.717, 1.165) is 22.6 Å². The minimum absolute atomic E-state index is 0.318. The van der Waals surface area contributed by atoms with Crippen LogP contribution in [0.1, 0.15) is 17.3 Å². The second-order valence-electron chi connectivity index (χ2n) is 4.36. The summed E-state index contributed by atoms with van der Waals surface area (Å²) < 4.78 is 15.6. The summed E-state index contributed by atoms with van der Waals surface area (Å²) in [5.41, 5.74) is 2.38. The number of rotatable bonds is 5. The van der Waals surface area contributed by atoms with Crippen LogP contribution in [0.2, 0.25) is 0 Å². The van der Waals surface area contributed by atoms with Crippen molar-refractivity contribution < 1.29 is 19.0 Å². The van der Waals surface area contributed by atoms with Gasteiger partial charge < -0.3 is 14.2 Å². The lowest BCUT2D eigenvalue weighted by Gasteiger charge is -2.11. The quantitative estimate of drug-likeness (QED) is 0.788. The second kappa shape index (κ2) is 6.79. The topological polar surface area (TPSA) is 44.8 Å². The van der Waals surface area contributed by atoms with Gasteiger partial charge in [-0.2, -0.15) is 0 Å². The van der Waals surface area contributed by atoms with E-state index >= 15 is 0 Å². The number of esters is 1. The Hall–Kier alpha value is -2.49. The molecular formula is C17H18O4. The van der Waals surface area contributed by atoms with Gasteiger partial charge in [0.05, 0.1) is 26.4 Å². The SMILES string of the molecule is CCOC(=O)c1ccc(-c2cc(OC)ccc2OC)cc1. The van der Waals surface area contributed by atoms with Crippen molar-refractivity contribution in [3.05, 3.63) is 48.0 Å². The van der Waals surface area contributed by atoms with Crippen molar-refractivity contribution in [3.8, 4) is 22.6 Å². The molecule has 0 aliphatic rings. The predicted octanol–water partition coefficient (Wildman–Crippen LogP) is 3.55. The van der Waals surface area contributed by atoms with Crippen molar-refractivity contribution in [2.75, 3.05) is 20.8 Å². The first-order valence-corrected chi connectivity index (χ1v) is 6.69. The Morgan fingerprint density at radius 3 is 2.29 bits per heavy atom. The fourth-order valence-corrected chi connectivity index (χ4v) is 2.04. The van der Waals surface area contributed by atoms with Crippen LogP contribution in [-0.2, 0) is 4.74 Å². The summed E-state index contributed by atoms with van der Waals surface area (Å²) in [6.07, 6.45) is 0. The zero-order valence-corrected chi connectivity index (χ0v) is 12.4. The Kier molecular flexibility index (Phi) is 4.82. The molecule has 0 fully saturated rings. The third-order valence-electron chi connectivity index (χ3n) is 3.11. The normalized spacial score (nSPS) is 10.0. The molecule has 2 aromatic rings. The predicted molar refractivity (Wildman–Crippen MR) is 80.9 cm³/mol. The van der Waals surface area contributed by atoms with E-state index in [2.05, 4.69) is 0 Å². The van der Waals surface area contributed by atoms with Crippen molar-refractivity contribution in [1.29, 1.82) is 0 Å². The standard InChI is InChI=1S/C17H18O4/c1-4-21-17(18)13-7-5-12(6-8-13)15-11-14(19-2)9-10-16(15)20-3/h5-11H,4H2,1-3H3. The summed E-state index contributed by atoms with van der Waals surface area (Å²) in [6.45, 7) is 2.15. The van der Waals surface area contributed by atoms with E-state index in [1.807, 2.05) is 30.3 Å². The highest BCUT2D eigenvalue weighted by Crippen LogP contribution is 2.33. The number of methoxy groups -OCH3 is 2. The van der Waals surface area contributed by atoms with E-state index in [-0.39, 0.29) is 5.97 Å². The van der Waals surface area contributed by atoms with Crippen LogP contribution in [0.3, 0.4) is 0 Å². The van der Waals surface area contributed by atoms with Crippen LogP contribution in [0, 0.1) is 0 Å². The Labute approximate surface area is 124 Å². The van der Waals surface area contributed by atoms with Gasteiger partial charge in [0.2, 0.25) is 0 Å². The third kappa shape index (κ3) is 3.34. The average molecular weight is 286 g/mol. The fourth-order valence-electron chi connectivity index (χ4n) is 2.04. The van der Waals surface area contributed by atoms with Gasteiger partial charge in [0.15, 0.2) is 0 Å². The Morgan fingerprint density at radius 2 is 1.71 bits per heavy atom. The number of hydrogen-bond acceptors (Lipinski definition) is 4. The highest BCUT2D eigenvalue weighted by molar-refractivity contribution is 5.90. The van der Waals surface area contributed by atoms with Gasteiger partial charge in [0, 0.05) is 5.56 Å². The molecule has 4 heteroatoms. The lowest BCUT2D eigenvalue weighted by molar-refractivity contribution is 0.0526. The van der Waals surface area contributed by atoms with Gasteiger partial charge in [-0.15, -0.1) is 0 Å². The molecule has 4 nitrogen and oxygen atoms in total. The highest BCUT2D eigenvalue weighted by atomic mass is 16.5. The summed E-state index contributed by atoms with van der Waals surface area (Å²) in [7, 11) is 3.24. The molecule has 110 valence electrons. The molecule has 0 aliphatic heterocycles.